The number of hydrogen-bond donors (Lipinski definition) is 1. The van der Waals surface area contributed by atoms with Gasteiger partial charge in [0.05, 0.1) is 6.04 Å². The number of carbonyl (C=O) groups excluding carboxylic acids is 2. The van der Waals surface area contributed by atoms with Crippen LogP contribution in [0.5, 0.6) is 0 Å². The van der Waals surface area contributed by atoms with Gasteiger partial charge >= 0.3 is 6.03 Å². The monoisotopic (exact) mass is 303 g/mol. The van der Waals surface area contributed by atoms with Crippen molar-refractivity contribution >= 4 is 11.9 Å². The SMILES string of the molecule is CC(C)N(C)C(=O)NCC1CC(=O)N(C)C1c1ccccc1. The van der Waals surface area contributed by atoms with Gasteiger partial charge in [-0.1, -0.05) is 30.3 Å². The molecule has 2 rings (SSSR count). The Bertz CT molecular complexity index is 530. The number of nitrogens with one attached hydrogen (secondary N) is 1. The summed E-state index contributed by atoms with van der Waals surface area (Å²) in [5, 5.41) is 2.95. The van der Waals surface area contributed by atoms with Gasteiger partial charge in [-0.3, -0.25) is 4.79 Å². The van der Waals surface area contributed by atoms with Crippen molar-refractivity contribution in [3.63, 3.8) is 0 Å². The van der Waals surface area contributed by atoms with Gasteiger partial charge in [0.25, 0.3) is 0 Å². The topological polar surface area (TPSA) is 52.7 Å². The van der Waals surface area contributed by atoms with Gasteiger partial charge in [0.2, 0.25) is 5.91 Å². The second kappa shape index (κ2) is 6.81. The maximum atomic E-state index is 12.1. The van der Waals surface area contributed by atoms with E-state index in [0.717, 1.165) is 5.56 Å². The molecule has 1 N–H and O–H groups in total. The fraction of sp³-hybridized carbons (Fsp3) is 0.529. The van der Waals surface area contributed by atoms with Crippen LogP contribution in [0.25, 0.3) is 0 Å². The van der Waals surface area contributed by atoms with E-state index in [9.17, 15) is 9.59 Å². The zero-order valence-electron chi connectivity index (χ0n) is 13.7. The maximum Gasteiger partial charge on any atom is 0.317 e. The minimum Gasteiger partial charge on any atom is -0.338 e. The molecule has 2 atom stereocenters. The van der Waals surface area contributed by atoms with Crippen molar-refractivity contribution in [3.8, 4) is 0 Å². The highest BCUT2D eigenvalue weighted by atomic mass is 16.2. The van der Waals surface area contributed by atoms with Gasteiger partial charge in [-0.25, -0.2) is 4.79 Å². The van der Waals surface area contributed by atoms with E-state index < -0.39 is 0 Å². The van der Waals surface area contributed by atoms with Gasteiger partial charge in [-0.05, 0) is 19.4 Å². The Morgan fingerprint density at radius 3 is 2.59 bits per heavy atom. The van der Waals surface area contributed by atoms with Crippen LogP contribution >= 0.6 is 0 Å². The standard InChI is InChI=1S/C17H25N3O2/c1-12(2)19(3)17(22)18-11-14-10-15(21)20(4)16(14)13-8-6-5-7-9-13/h5-9,12,14,16H,10-11H2,1-4H3,(H,18,22). The Labute approximate surface area is 132 Å². The number of amides is 3. The molecule has 0 aliphatic carbocycles. The minimum atomic E-state index is -0.0937. The van der Waals surface area contributed by atoms with E-state index in [2.05, 4.69) is 5.32 Å². The Morgan fingerprint density at radius 2 is 2.00 bits per heavy atom. The van der Waals surface area contributed by atoms with Crippen molar-refractivity contribution in [3.05, 3.63) is 35.9 Å². The first-order valence-corrected chi connectivity index (χ1v) is 7.73. The number of benzene rings is 1. The molecule has 0 spiro atoms. The average Bonchev–Trinajstić information content (AvgIpc) is 2.79. The predicted molar refractivity (Wildman–Crippen MR) is 86.4 cm³/mol. The van der Waals surface area contributed by atoms with Crippen LogP contribution < -0.4 is 5.32 Å². The molecule has 1 aromatic rings. The van der Waals surface area contributed by atoms with E-state index in [-0.39, 0.29) is 29.9 Å². The van der Waals surface area contributed by atoms with Gasteiger partial charge in [-0.2, -0.15) is 0 Å². The molecular formula is C17H25N3O2. The summed E-state index contributed by atoms with van der Waals surface area (Å²) in [7, 11) is 3.61. The second-order valence-corrected chi connectivity index (χ2v) is 6.22. The third-order valence-electron chi connectivity index (χ3n) is 4.45. The van der Waals surface area contributed by atoms with Crippen LogP contribution in [0.3, 0.4) is 0 Å². The molecule has 0 aromatic heterocycles. The highest BCUT2D eigenvalue weighted by Gasteiger charge is 2.38. The molecule has 0 bridgehead atoms. The molecule has 3 amide bonds. The van der Waals surface area contributed by atoms with E-state index in [1.807, 2.05) is 51.2 Å². The van der Waals surface area contributed by atoms with Crippen LogP contribution in [0.2, 0.25) is 0 Å². The third kappa shape index (κ3) is 3.40. The Kier molecular flexibility index (Phi) is 5.06. The molecule has 1 saturated heterocycles. The fourth-order valence-corrected chi connectivity index (χ4v) is 2.86. The molecule has 5 heteroatoms. The Hall–Kier alpha value is -2.04. The lowest BCUT2D eigenvalue weighted by Crippen LogP contribution is -2.43. The van der Waals surface area contributed by atoms with Crippen molar-refractivity contribution in [2.24, 2.45) is 5.92 Å². The van der Waals surface area contributed by atoms with Crippen LogP contribution in [0.15, 0.2) is 30.3 Å². The highest BCUT2D eigenvalue weighted by Crippen LogP contribution is 2.36. The molecule has 2 unspecified atom stereocenters. The zero-order valence-corrected chi connectivity index (χ0v) is 13.7. The normalized spacial score (nSPS) is 21.3. The molecule has 22 heavy (non-hydrogen) atoms. The van der Waals surface area contributed by atoms with E-state index in [1.165, 1.54) is 0 Å². The van der Waals surface area contributed by atoms with Crippen LogP contribution in [0.1, 0.15) is 31.9 Å². The number of likely N-dealkylation sites (tertiary alicyclic amines) is 1. The van der Waals surface area contributed by atoms with Gasteiger partial charge in [0.1, 0.15) is 0 Å². The molecule has 0 saturated carbocycles. The molecule has 0 radical (unpaired) electrons. The lowest BCUT2D eigenvalue weighted by Gasteiger charge is -2.27. The van der Waals surface area contributed by atoms with E-state index >= 15 is 0 Å². The number of urea groups is 1. The molecule has 120 valence electrons. The highest BCUT2D eigenvalue weighted by molar-refractivity contribution is 5.80. The van der Waals surface area contributed by atoms with Gasteiger partial charge in [0.15, 0.2) is 0 Å². The summed E-state index contributed by atoms with van der Waals surface area (Å²) in [6, 6.07) is 10.1. The lowest BCUT2D eigenvalue weighted by molar-refractivity contribution is -0.127. The van der Waals surface area contributed by atoms with Crippen molar-refractivity contribution < 1.29 is 9.59 Å². The summed E-state index contributed by atoms with van der Waals surface area (Å²) >= 11 is 0. The third-order valence-corrected chi connectivity index (χ3v) is 4.45. The second-order valence-electron chi connectivity index (χ2n) is 6.22. The largest absolute Gasteiger partial charge is 0.338 e. The summed E-state index contributed by atoms with van der Waals surface area (Å²) < 4.78 is 0. The number of hydrogen-bond acceptors (Lipinski definition) is 2. The molecule has 1 fully saturated rings. The Morgan fingerprint density at radius 1 is 1.36 bits per heavy atom. The number of nitrogens with zero attached hydrogens (tertiary/aromatic N) is 2. The van der Waals surface area contributed by atoms with Crippen molar-refractivity contribution in [1.29, 1.82) is 0 Å². The lowest BCUT2D eigenvalue weighted by atomic mass is 9.94. The van der Waals surface area contributed by atoms with Gasteiger partial charge < -0.3 is 15.1 Å². The van der Waals surface area contributed by atoms with Crippen molar-refractivity contribution in [1.82, 2.24) is 15.1 Å². The summed E-state index contributed by atoms with van der Waals surface area (Å²) in [6.07, 6.45) is 0.474. The van der Waals surface area contributed by atoms with Crippen molar-refractivity contribution in [2.45, 2.75) is 32.4 Å². The predicted octanol–water partition coefficient (Wildman–Crippen LogP) is 2.26. The molecule has 5 nitrogen and oxygen atoms in total. The smallest absolute Gasteiger partial charge is 0.317 e. The fourth-order valence-electron chi connectivity index (χ4n) is 2.86. The summed E-state index contributed by atoms with van der Waals surface area (Å²) in [6.45, 7) is 4.45. The quantitative estimate of drug-likeness (QED) is 0.927. The van der Waals surface area contributed by atoms with E-state index in [0.29, 0.717) is 13.0 Å². The first-order valence-electron chi connectivity index (χ1n) is 7.73. The Balaban J connectivity index is 2.06. The van der Waals surface area contributed by atoms with E-state index in [1.54, 1.807) is 16.8 Å². The van der Waals surface area contributed by atoms with Crippen LogP contribution in [0.4, 0.5) is 4.79 Å². The molecule has 1 heterocycles. The number of rotatable bonds is 4. The molecular weight excluding hydrogens is 278 g/mol. The van der Waals surface area contributed by atoms with Crippen LogP contribution in [0, 0.1) is 5.92 Å². The first-order chi connectivity index (χ1) is 10.4. The summed E-state index contributed by atoms with van der Waals surface area (Å²) in [4.78, 5) is 27.6. The summed E-state index contributed by atoms with van der Waals surface area (Å²) in [5.41, 5.74) is 1.12. The van der Waals surface area contributed by atoms with Crippen LogP contribution in [-0.2, 0) is 4.79 Å². The van der Waals surface area contributed by atoms with Crippen molar-refractivity contribution in [2.75, 3.05) is 20.6 Å². The maximum absolute atomic E-state index is 12.1. The van der Waals surface area contributed by atoms with E-state index in [4.69, 9.17) is 0 Å². The molecule has 1 aliphatic heterocycles. The first kappa shape index (κ1) is 16.3. The number of carbonyl (C=O) groups is 2. The zero-order chi connectivity index (χ0) is 16.3. The molecule has 1 aliphatic rings. The minimum absolute atomic E-state index is 0.0263. The average molecular weight is 303 g/mol. The van der Waals surface area contributed by atoms with Gasteiger partial charge in [0, 0.05) is 39.0 Å². The van der Waals surface area contributed by atoms with Gasteiger partial charge in [-0.15, -0.1) is 0 Å². The summed E-state index contributed by atoms with van der Waals surface area (Å²) in [5.74, 6) is 0.231. The molecule has 1 aromatic carbocycles. The van der Waals surface area contributed by atoms with Crippen LogP contribution in [-0.4, -0.2) is 48.4 Å².